The fourth-order valence-corrected chi connectivity index (χ4v) is 4.33. The van der Waals surface area contributed by atoms with Crippen LogP contribution in [0.2, 0.25) is 0 Å². The Morgan fingerprint density at radius 1 is 1.10 bits per heavy atom. The minimum atomic E-state index is -0.0331. The molecule has 1 aromatic heterocycles. The molecule has 1 aliphatic rings. The molecule has 1 saturated heterocycles. The van der Waals surface area contributed by atoms with Crippen LogP contribution < -0.4 is 10.5 Å². The van der Waals surface area contributed by atoms with Gasteiger partial charge in [0.2, 0.25) is 0 Å². The molecule has 160 valence electrons. The first kappa shape index (κ1) is 21.1. The van der Waals surface area contributed by atoms with E-state index < -0.39 is 0 Å². The quantitative estimate of drug-likeness (QED) is 0.640. The molecule has 0 radical (unpaired) electrons. The monoisotopic (exact) mass is 415 g/mol. The second kappa shape index (κ2) is 8.91. The first-order chi connectivity index (χ1) is 15.0. The highest BCUT2D eigenvalue weighted by Gasteiger charge is 2.21. The summed E-state index contributed by atoms with van der Waals surface area (Å²) >= 11 is 0. The average Bonchev–Trinajstić information content (AvgIpc) is 2.77. The van der Waals surface area contributed by atoms with E-state index in [1.807, 2.05) is 30.3 Å². The zero-order valence-corrected chi connectivity index (χ0v) is 18.5. The Bertz CT molecular complexity index is 1180. The number of aryl methyl sites for hydroxylation is 1. The van der Waals surface area contributed by atoms with Crippen molar-refractivity contribution in [3.63, 3.8) is 0 Å². The van der Waals surface area contributed by atoms with Gasteiger partial charge >= 0.3 is 0 Å². The zero-order valence-electron chi connectivity index (χ0n) is 18.5. The van der Waals surface area contributed by atoms with Gasteiger partial charge in [-0.3, -0.25) is 9.69 Å². The van der Waals surface area contributed by atoms with E-state index in [1.54, 1.807) is 11.6 Å². The van der Waals surface area contributed by atoms with E-state index in [1.165, 1.54) is 5.56 Å². The molecule has 6 nitrogen and oxygen atoms in total. The van der Waals surface area contributed by atoms with Crippen LogP contribution in [0.3, 0.4) is 0 Å². The highest BCUT2D eigenvalue weighted by atomic mass is 16.1. The molecular weight excluding hydrogens is 386 g/mol. The Morgan fingerprint density at radius 3 is 2.55 bits per heavy atom. The molecule has 0 bridgehead atoms. The van der Waals surface area contributed by atoms with Crippen LogP contribution in [-0.2, 0) is 20.0 Å². The second-order valence-corrected chi connectivity index (χ2v) is 8.74. The largest absolute Gasteiger partial charge is 0.368 e. The van der Waals surface area contributed by atoms with Gasteiger partial charge in [0.15, 0.2) is 0 Å². The minimum absolute atomic E-state index is 0.0331. The van der Waals surface area contributed by atoms with Crippen LogP contribution in [0.5, 0.6) is 0 Å². The SMILES string of the molecule is CC(C)Cc1ccc(C#N)c(N2CCN(Cc3nc4ccccc4n(C)c3=O)CC2)c1. The highest BCUT2D eigenvalue weighted by molar-refractivity contribution is 5.74. The van der Waals surface area contributed by atoms with E-state index in [0.29, 0.717) is 18.2 Å². The van der Waals surface area contributed by atoms with Gasteiger partial charge in [-0.1, -0.05) is 32.0 Å². The molecule has 2 aromatic carbocycles. The van der Waals surface area contributed by atoms with Crippen molar-refractivity contribution in [2.45, 2.75) is 26.8 Å². The Kier molecular flexibility index (Phi) is 6.06. The maximum absolute atomic E-state index is 12.8. The Labute approximate surface area is 183 Å². The lowest BCUT2D eigenvalue weighted by Crippen LogP contribution is -2.47. The number of aromatic nitrogens is 2. The van der Waals surface area contributed by atoms with Gasteiger partial charge in [0.05, 0.1) is 22.3 Å². The molecule has 31 heavy (non-hydrogen) atoms. The topological polar surface area (TPSA) is 65.2 Å². The third-order valence-corrected chi connectivity index (χ3v) is 5.96. The van der Waals surface area contributed by atoms with Gasteiger partial charge in [-0.25, -0.2) is 4.98 Å². The van der Waals surface area contributed by atoms with Gasteiger partial charge in [0.1, 0.15) is 11.8 Å². The number of fused-ring (bicyclic) bond motifs is 1. The molecule has 1 fully saturated rings. The number of benzene rings is 2. The summed E-state index contributed by atoms with van der Waals surface area (Å²) < 4.78 is 1.69. The van der Waals surface area contributed by atoms with Crippen molar-refractivity contribution in [3.05, 3.63) is 69.6 Å². The predicted molar refractivity (Wildman–Crippen MR) is 124 cm³/mol. The average molecular weight is 416 g/mol. The van der Waals surface area contributed by atoms with Gasteiger partial charge in [-0.2, -0.15) is 5.26 Å². The van der Waals surface area contributed by atoms with E-state index >= 15 is 0 Å². The molecule has 1 aliphatic heterocycles. The molecule has 4 rings (SSSR count). The predicted octanol–water partition coefficient (Wildman–Crippen LogP) is 3.33. The normalized spacial score (nSPS) is 14.9. The summed E-state index contributed by atoms with van der Waals surface area (Å²) in [6.07, 6.45) is 1.01. The Balaban J connectivity index is 1.49. The number of para-hydroxylation sites is 2. The second-order valence-electron chi connectivity index (χ2n) is 8.74. The van der Waals surface area contributed by atoms with Crippen LogP contribution >= 0.6 is 0 Å². The minimum Gasteiger partial charge on any atom is -0.368 e. The van der Waals surface area contributed by atoms with Crippen LogP contribution in [0.1, 0.15) is 30.7 Å². The lowest BCUT2D eigenvalue weighted by Gasteiger charge is -2.36. The van der Waals surface area contributed by atoms with E-state index in [9.17, 15) is 10.1 Å². The maximum Gasteiger partial charge on any atom is 0.273 e. The van der Waals surface area contributed by atoms with Crippen LogP contribution in [-0.4, -0.2) is 40.6 Å². The first-order valence-electron chi connectivity index (χ1n) is 10.9. The zero-order chi connectivity index (χ0) is 22.0. The van der Waals surface area contributed by atoms with Crippen LogP contribution in [0.15, 0.2) is 47.3 Å². The van der Waals surface area contributed by atoms with E-state index in [-0.39, 0.29) is 5.56 Å². The summed E-state index contributed by atoms with van der Waals surface area (Å²) in [6, 6.07) is 16.3. The van der Waals surface area contributed by atoms with E-state index in [0.717, 1.165) is 54.9 Å². The summed E-state index contributed by atoms with van der Waals surface area (Å²) in [7, 11) is 1.81. The molecule has 0 spiro atoms. The summed E-state index contributed by atoms with van der Waals surface area (Å²) in [4.78, 5) is 22.0. The van der Waals surface area contributed by atoms with Crippen molar-refractivity contribution < 1.29 is 0 Å². The van der Waals surface area contributed by atoms with Crippen molar-refractivity contribution in [1.82, 2.24) is 14.5 Å². The molecule has 6 heteroatoms. The number of nitriles is 1. The fourth-order valence-electron chi connectivity index (χ4n) is 4.33. The van der Waals surface area contributed by atoms with E-state index in [2.05, 4.69) is 46.8 Å². The van der Waals surface area contributed by atoms with Crippen molar-refractivity contribution in [2.24, 2.45) is 13.0 Å². The van der Waals surface area contributed by atoms with Gasteiger partial charge in [-0.05, 0) is 42.2 Å². The van der Waals surface area contributed by atoms with Crippen molar-refractivity contribution in [1.29, 1.82) is 5.26 Å². The molecule has 0 aliphatic carbocycles. The smallest absolute Gasteiger partial charge is 0.273 e. The van der Waals surface area contributed by atoms with Crippen LogP contribution in [0.4, 0.5) is 5.69 Å². The molecule has 2 heterocycles. The number of hydrogen-bond acceptors (Lipinski definition) is 5. The molecule has 0 unspecified atom stereocenters. The van der Waals surface area contributed by atoms with Crippen molar-refractivity contribution in [3.8, 4) is 6.07 Å². The molecular formula is C25H29N5O. The molecule has 0 atom stereocenters. The lowest BCUT2D eigenvalue weighted by atomic mass is 10.00. The summed E-state index contributed by atoms with van der Waals surface area (Å²) in [5.74, 6) is 0.578. The van der Waals surface area contributed by atoms with Gasteiger partial charge in [0.25, 0.3) is 5.56 Å². The lowest BCUT2D eigenvalue weighted by molar-refractivity contribution is 0.246. The number of piperazine rings is 1. The fraction of sp³-hybridized carbons (Fsp3) is 0.400. The van der Waals surface area contributed by atoms with Gasteiger partial charge in [-0.15, -0.1) is 0 Å². The number of hydrogen-bond donors (Lipinski definition) is 0. The van der Waals surface area contributed by atoms with E-state index in [4.69, 9.17) is 0 Å². The Hall–Kier alpha value is -3.17. The third-order valence-electron chi connectivity index (χ3n) is 5.96. The van der Waals surface area contributed by atoms with Crippen molar-refractivity contribution in [2.75, 3.05) is 31.1 Å². The van der Waals surface area contributed by atoms with Gasteiger partial charge in [0, 0.05) is 39.8 Å². The molecule has 0 saturated carbocycles. The van der Waals surface area contributed by atoms with Gasteiger partial charge < -0.3 is 9.47 Å². The van der Waals surface area contributed by atoms with Crippen molar-refractivity contribution >= 4 is 16.7 Å². The number of rotatable bonds is 5. The molecule has 0 amide bonds. The Morgan fingerprint density at radius 2 is 1.84 bits per heavy atom. The van der Waals surface area contributed by atoms with Crippen LogP contribution in [0, 0.1) is 17.2 Å². The summed E-state index contributed by atoms with van der Waals surface area (Å²) in [6.45, 7) is 8.28. The summed E-state index contributed by atoms with van der Waals surface area (Å²) in [5.41, 5.74) is 5.28. The summed E-state index contributed by atoms with van der Waals surface area (Å²) in [5, 5.41) is 9.58. The molecule has 0 N–H and O–H groups in total. The standard InChI is InChI=1S/C25H29N5O/c1-18(2)14-19-8-9-20(16-26)24(15-19)30-12-10-29(11-13-30)17-22-25(31)28(3)23-7-5-4-6-21(23)27-22/h4-9,15,18H,10-14,17H2,1-3H3. The maximum atomic E-state index is 12.8. The third kappa shape index (κ3) is 4.47. The number of nitrogens with zero attached hydrogens (tertiary/aromatic N) is 5. The number of anilines is 1. The first-order valence-corrected chi connectivity index (χ1v) is 10.9. The highest BCUT2D eigenvalue weighted by Crippen LogP contribution is 2.25. The molecule has 3 aromatic rings. The van der Waals surface area contributed by atoms with Crippen LogP contribution in [0.25, 0.3) is 11.0 Å².